The van der Waals surface area contributed by atoms with Crippen molar-refractivity contribution in [1.82, 2.24) is 0 Å². The molecule has 0 amide bonds. The van der Waals surface area contributed by atoms with Gasteiger partial charge in [0.1, 0.15) is 0 Å². The molecule has 0 heterocycles. The summed E-state index contributed by atoms with van der Waals surface area (Å²) in [5.74, 6) is -3.52. The lowest BCUT2D eigenvalue weighted by atomic mass is 10.0. The highest BCUT2D eigenvalue weighted by molar-refractivity contribution is 9.10. The summed E-state index contributed by atoms with van der Waals surface area (Å²) in [5.41, 5.74) is 0.0532. The molecule has 14 heavy (non-hydrogen) atoms. The molecule has 3 nitrogen and oxygen atoms in total. The fourth-order valence-electron chi connectivity index (χ4n) is 1.09. The van der Waals surface area contributed by atoms with Gasteiger partial charge in [0.25, 0.3) is 0 Å². The number of phenols is 1. The molecule has 0 aromatic heterocycles. The second kappa shape index (κ2) is 3.96. The van der Waals surface area contributed by atoms with Gasteiger partial charge in [-0.1, -0.05) is 15.9 Å². The minimum atomic E-state index is -1.12. The van der Waals surface area contributed by atoms with Crippen molar-refractivity contribution in [1.29, 1.82) is 0 Å². The summed E-state index contributed by atoms with van der Waals surface area (Å²) in [6.45, 7) is 1.38. The summed E-state index contributed by atoms with van der Waals surface area (Å²) in [6.07, 6.45) is 0. The van der Waals surface area contributed by atoms with Gasteiger partial charge in [0.15, 0.2) is 11.6 Å². The molecule has 0 aliphatic carbocycles. The van der Waals surface area contributed by atoms with Crippen LogP contribution in [0.25, 0.3) is 0 Å². The Balaban J connectivity index is 3.32. The van der Waals surface area contributed by atoms with Crippen LogP contribution in [0.3, 0.4) is 0 Å². The number of aromatic hydroxyl groups is 1. The Hall–Kier alpha value is -1.10. The SMILES string of the molecule is CC(C(=O)O)c1c(Br)ccc(F)c1O. The van der Waals surface area contributed by atoms with E-state index in [0.29, 0.717) is 4.47 Å². The lowest BCUT2D eigenvalue weighted by Crippen LogP contribution is -2.08. The smallest absolute Gasteiger partial charge is 0.310 e. The fraction of sp³-hybridized carbons (Fsp3) is 0.222. The van der Waals surface area contributed by atoms with Gasteiger partial charge in [-0.15, -0.1) is 0 Å². The third-order valence-corrected chi connectivity index (χ3v) is 2.61. The minimum Gasteiger partial charge on any atom is -0.505 e. The Morgan fingerprint density at radius 2 is 2.14 bits per heavy atom. The van der Waals surface area contributed by atoms with E-state index in [0.717, 1.165) is 6.07 Å². The quantitative estimate of drug-likeness (QED) is 0.861. The fourth-order valence-corrected chi connectivity index (χ4v) is 1.76. The summed E-state index contributed by atoms with van der Waals surface area (Å²) < 4.78 is 13.3. The maximum absolute atomic E-state index is 12.9. The van der Waals surface area contributed by atoms with Crippen LogP contribution >= 0.6 is 15.9 Å². The predicted octanol–water partition coefficient (Wildman–Crippen LogP) is 2.48. The Kier molecular flexibility index (Phi) is 3.10. The zero-order valence-electron chi connectivity index (χ0n) is 7.29. The molecule has 0 saturated carbocycles. The molecule has 0 fully saturated rings. The van der Waals surface area contributed by atoms with Gasteiger partial charge in [-0.05, 0) is 19.1 Å². The van der Waals surface area contributed by atoms with E-state index in [1.54, 1.807) is 0 Å². The Morgan fingerprint density at radius 1 is 1.57 bits per heavy atom. The average molecular weight is 263 g/mol. The molecule has 1 atom stereocenters. The van der Waals surface area contributed by atoms with E-state index in [1.807, 2.05) is 0 Å². The van der Waals surface area contributed by atoms with E-state index >= 15 is 0 Å². The van der Waals surface area contributed by atoms with Gasteiger partial charge in [-0.25, -0.2) is 4.39 Å². The lowest BCUT2D eigenvalue weighted by molar-refractivity contribution is -0.138. The number of hydrogen-bond donors (Lipinski definition) is 2. The number of carboxylic acids is 1. The van der Waals surface area contributed by atoms with Gasteiger partial charge in [0.2, 0.25) is 0 Å². The predicted molar refractivity (Wildman–Crippen MR) is 51.8 cm³/mol. The third-order valence-electron chi connectivity index (χ3n) is 1.92. The highest BCUT2D eigenvalue weighted by Gasteiger charge is 2.22. The normalized spacial score (nSPS) is 12.5. The van der Waals surface area contributed by atoms with Crippen molar-refractivity contribution in [2.45, 2.75) is 12.8 Å². The molecule has 0 bridgehead atoms. The van der Waals surface area contributed by atoms with Gasteiger partial charge < -0.3 is 10.2 Å². The molecule has 0 spiro atoms. The molecule has 0 saturated heterocycles. The van der Waals surface area contributed by atoms with Crippen molar-refractivity contribution in [3.63, 3.8) is 0 Å². The Labute approximate surface area is 88.3 Å². The number of rotatable bonds is 2. The number of aliphatic carboxylic acids is 1. The minimum absolute atomic E-state index is 0.0532. The van der Waals surface area contributed by atoms with Gasteiger partial charge in [-0.3, -0.25) is 4.79 Å². The molecule has 2 N–H and O–H groups in total. The monoisotopic (exact) mass is 262 g/mol. The summed E-state index contributed by atoms with van der Waals surface area (Å²) in [5, 5.41) is 18.1. The second-order valence-electron chi connectivity index (χ2n) is 2.85. The zero-order valence-corrected chi connectivity index (χ0v) is 8.88. The first kappa shape index (κ1) is 11.0. The Bertz CT molecular complexity index is 379. The van der Waals surface area contributed by atoms with E-state index in [2.05, 4.69) is 15.9 Å². The van der Waals surface area contributed by atoms with Crippen LogP contribution < -0.4 is 0 Å². The van der Waals surface area contributed by atoms with Crippen molar-refractivity contribution in [2.24, 2.45) is 0 Å². The number of phenolic OH excluding ortho intramolecular Hbond substituents is 1. The van der Waals surface area contributed by atoms with Crippen molar-refractivity contribution in [2.75, 3.05) is 0 Å². The van der Waals surface area contributed by atoms with E-state index < -0.39 is 23.5 Å². The van der Waals surface area contributed by atoms with Crippen molar-refractivity contribution >= 4 is 21.9 Å². The largest absolute Gasteiger partial charge is 0.505 e. The number of hydrogen-bond acceptors (Lipinski definition) is 2. The van der Waals surface area contributed by atoms with E-state index in [-0.39, 0.29) is 5.56 Å². The second-order valence-corrected chi connectivity index (χ2v) is 3.71. The Morgan fingerprint density at radius 3 is 2.64 bits per heavy atom. The molecule has 0 aliphatic rings. The van der Waals surface area contributed by atoms with Gasteiger partial charge in [0, 0.05) is 10.0 Å². The van der Waals surface area contributed by atoms with Crippen molar-refractivity contribution in [3.8, 4) is 5.75 Å². The van der Waals surface area contributed by atoms with Crippen LogP contribution in [0.5, 0.6) is 5.75 Å². The molecule has 1 aromatic carbocycles. The maximum atomic E-state index is 12.9. The molecule has 1 aromatic rings. The maximum Gasteiger partial charge on any atom is 0.310 e. The highest BCUT2D eigenvalue weighted by atomic mass is 79.9. The topological polar surface area (TPSA) is 57.5 Å². The first-order valence-electron chi connectivity index (χ1n) is 3.84. The van der Waals surface area contributed by atoms with Gasteiger partial charge in [-0.2, -0.15) is 0 Å². The van der Waals surface area contributed by atoms with Crippen molar-refractivity contribution < 1.29 is 19.4 Å². The summed E-state index contributed by atoms with van der Waals surface area (Å²) in [7, 11) is 0. The van der Waals surface area contributed by atoms with Crippen molar-refractivity contribution in [3.05, 3.63) is 28.0 Å². The summed E-state index contributed by atoms with van der Waals surface area (Å²) >= 11 is 3.06. The average Bonchev–Trinajstić information content (AvgIpc) is 2.12. The summed E-state index contributed by atoms with van der Waals surface area (Å²) in [4.78, 5) is 10.7. The van der Waals surface area contributed by atoms with E-state index in [4.69, 9.17) is 5.11 Å². The van der Waals surface area contributed by atoms with Crippen LogP contribution in [-0.2, 0) is 4.79 Å². The molecular weight excluding hydrogens is 255 g/mol. The molecule has 76 valence electrons. The third kappa shape index (κ3) is 1.87. The molecule has 5 heteroatoms. The van der Waals surface area contributed by atoms with E-state index in [9.17, 15) is 14.3 Å². The van der Waals surface area contributed by atoms with Gasteiger partial charge in [0.05, 0.1) is 5.92 Å². The molecule has 1 unspecified atom stereocenters. The standard InChI is InChI=1S/C9H8BrFO3/c1-4(9(13)14)7-5(10)2-3-6(11)8(7)12/h2-4,12H,1H3,(H,13,14). The van der Waals surface area contributed by atoms with Crippen LogP contribution in [0, 0.1) is 5.82 Å². The van der Waals surface area contributed by atoms with Crippen LogP contribution in [0.2, 0.25) is 0 Å². The number of benzene rings is 1. The van der Waals surface area contributed by atoms with Crippen LogP contribution in [-0.4, -0.2) is 16.2 Å². The zero-order chi connectivity index (χ0) is 10.9. The number of carboxylic acid groups (broad SMARTS) is 1. The first-order chi connectivity index (χ1) is 6.45. The summed E-state index contributed by atoms with van der Waals surface area (Å²) in [6, 6.07) is 2.43. The lowest BCUT2D eigenvalue weighted by Gasteiger charge is -2.11. The number of halogens is 2. The molecule has 0 radical (unpaired) electrons. The molecule has 0 aliphatic heterocycles. The van der Waals surface area contributed by atoms with Crippen LogP contribution in [0.15, 0.2) is 16.6 Å². The molecular formula is C9H8BrFO3. The van der Waals surface area contributed by atoms with Crippen LogP contribution in [0.4, 0.5) is 4.39 Å². The highest BCUT2D eigenvalue weighted by Crippen LogP contribution is 2.34. The van der Waals surface area contributed by atoms with Crippen LogP contribution in [0.1, 0.15) is 18.4 Å². The number of carbonyl (C=O) groups is 1. The van der Waals surface area contributed by atoms with E-state index in [1.165, 1.54) is 13.0 Å². The van der Waals surface area contributed by atoms with Gasteiger partial charge >= 0.3 is 5.97 Å². The molecule has 1 rings (SSSR count). The first-order valence-corrected chi connectivity index (χ1v) is 4.64.